The minimum absolute atomic E-state index is 0.0179. The summed E-state index contributed by atoms with van der Waals surface area (Å²) >= 11 is 0. The number of carbonyl (C=O) groups is 2. The fourth-order valence-corrected chi connectivity index (χ4v) is 1.56. The molecule has 0 unspecified atom stereocenters. The van der Waals surface area contributed by atoms with Crippen molar-refractivity contribution < 1.29 is 14.3 Å². The Labute approximate surface area is 114 Å². The number of methoxy groups -OCH3 is 1. The Balaban J connectivity index is 2.79. The van der Waals surface area contributed by atoms with Crippen molar-refractivity contribution in [3.63, 3.8) is 0 Å². The fraction of sp³-hybridized carbons (Fsp3) is 0.467. The second-order valence-electron chi connectivity index (χ2n) is 5.56. The molecule has 19 heavy (non-hydrogen) atoms. The molecule has 1 amide bonds. The van der Waals surface area contributed by atoms with Crippen LogP contribution in [0.5, 0.6) is 5.75 Å². The van der Waals surface area contributed by atoms with Gasteiger partial charge in [-0.2, -0.15) is 0 Å². The van der Waals surface area contributed by atoms with Crippen molar-refractivity contribution in [2.75, 3.05) is 13.7 Å². The lowest BCUT2D eigenvalue weighted by Gasteiger charge is -2.17. The van der Waals surface area contributed by atoms with Crippen LogP contribution in [0.4, 0.5) is 0 Å². The molecule has 1 N–H and O–H groups in total. The van der Waals surface area contributed by atoms with Gasteiger partial charge in [-0.15, -0.1) is 0 Å². The molecular formula is C15H21NO3. The lowest BCUT2D eigenvalue weighted by Crippen LogP contribution is -2.38. The largest absolute Gasteiger partial charge is 0.496 e. The lowest BCUT2D eigenvalue weighted by molar-refractivity contribution is -0.128. The van der Waals surface area contributed by atoms with E-state index < -0.39 is 5.41 Å². The first-order valence-corrected chi connectivity index (χ1v) is 6.22. The molecule has 0 aliphatic rings. The maximum absolute atomic E-state index is 12.1. The van der Waals surface area contributed by atoms with Crippen LogP contribution in [0.2, 0.25) is 0 Å². The third-order valence-corrected chi connectivity index (χ3v) is 2.75. The molecule has 4 nitrogen and oxygen atoms in total. The zero-order chi connectivity index (χ0) is 14.6. The third-order valence-electron chi connectivity index (χ3n) is 2.75. The Bertz CT molecular complexity index is 487. The molecule has 104 valence electrons. The van der Waals surface area contributed by atoms with E-state index in [1.165, 1.54) is 7.11 Å². The third kappa shape index (κ3) is 4.09. The number of ketones is 1. The maximum atomic E-state index is 12.1. The topological polar surface area (TPSA) is 55.4 Å². The van der Waals surface area contributed by atoms with Gasteiger partial charge in [0, 0.05) is 5.41 Å². The zero-order valence-electron chi connectivity index (χ0n) is 12.2. The number of benzene rings is 1. The van der Waals surface area contributed by atoms with Crippen LogP contribution in [0.15, 0.2) is 18.2 Å². The van der Waals surface area contributed by atoms with Crippen molar-refractivity contribution in [1.82, 2.24) is 5.32 Å². The van der Waals surface area contributed by atoms with E-state index in [1.807, 2.05) is 13.0 Å². The molecule has 0 heterocycles. The average molecular weight is 263 g/mol. The summed E-state index contributed by atoms with van der Waals surface area (Å²) in [7, 11) is 1.52. The van der Waals surface area contributed by atoms with Gasteiger partial charge in [-0.3, -0.25) is 9.59 Å². The van der Waals surface area contributed by atoms with Crippen LogP contribution in [0, 0.1) is 12.3 Å². The first kappa shape index (κ1) is 15.2. The van der Waals surface area contributed by atoms with E-state index in [2.05, 4.69) is 5.32 Å². The second-order valence-corrected chi connectivity index (χ2v) is 5.56. The quantitative estimate of drug-likeness (QED) is 0.848. The molecule has 0 bridgehead atoms. The fourth-order valence-electron chi connectivity index (χ4n) is 1.56. The van der Waals surface area contributed by atoms with Crippen molar-refractivity contribution in [2.45, 2.75) is 27.7 Å². The van der Waals surface area contributed by atoms with E-state index in [0.717, 1.165) is 5.56 Å². The SMILES string of the molecule is COc1ccc(C)cc1C(=O)CNC(=O)C(C)(C)C. The van der Waals surface area contributed by atoms with Crippen LogP contribution in [-0.4, -0.2) is 25.3 Å². The van der Waals surface area contributed by atoms with E-state index in [0.29, 0.717) is 11.3 Å². The smallest absolute Gasteiger partial charge is 0.225 e. The minimum Gasteiger partial charge on any atom is -0.496 e. The Morgan fingerprint density at radius 2 is 1.89 bits per heavy atom. The monoisotopic (exact) mass is 263 g/mol. The Kier molecular flexibility index (Phi) is 4.70. The van der Waals surface area contributed by atoms with Gasteiger partial charge in [0.15, 0.2) is 5.78 Å². The van der Waals surface area contributed by atoms with Gasteiger partial charge >= 0.3 is 0 Å². The molecule has 0 aromatic heterocycles. The highest BCUT2D eigenvalue weighted by atomic mass is 16.5. The molecule has 0 aliphatic heterocycles. The number of hydrogen-bond acceptors (Lipinski definition) is 3. The summed E-state index contributed by atoms with van der Waals surface area (Å²) in [6.07, 6.45) is 0. The highest BCUT2D eigenvalue weighted by Crippen LogP contribution is 2.20. The second kappa shape index (κ2) is 5.87. The number of rotatable bonds is 4. The average Bonchev–Trinajstić information content (AvgIpc) is 2.34. The molecule has 0 radical (unpaired) electrons. The van der Waals surface area contributed by atoms with E-state index >= 15 is 0 Å². The summed E-state index contributed by atoms with van der Waals surface area (Å²) in [6, 6.07) is 5.40. The van der Waals surface area contributed by atoms with Gasteiger partial charge in [-0.1, -0.05) is 32.4 Å². The molecule has 0 fully saturated rings. The van der Waals surface area contributed by atoms with Crippen LogP contribution >= 0.6 is 0 Å². The van der Waals surface area contributed by atoms with Gasteiger partial charge in [-0.25, -0.2) is 0 Å². The van der Waals surface area contributed by atoms with Crippen molar-refractivity contribution in [3.8, 4) is 5.75 Å². The predicted molar refractivity (Wildman–Crippen MR) is 74.5 cm³/mol. The Morgan fingerprint density at radius 1 is 1.26 bits per heavy atom. The highest BCUT2D eigenvalue weighted by Gasteiger charge is 2.22. The van der Waals surface area contributed by atoms with Crippen LogP contribution in [-0.2, 0) is 4.79 Å². The van der Waals surface area contributed by atoms with Gasteiger partial charge < -0.3 is 10.1 Å². The molecule has 0 spiro atoms. The van der Waals surface area contributed by atoms with Crippen LogP contribution < -0.4 is 10.1 Å². The molecule has 0 atom stereocenters. The summed E-state index contributed by atoms with van der Waals surface area (Å²) < 4.78 is 5.16. The number of hydrogen-bond donors (Lipinski definition) is 1. The van der Waals surface area contributed by atoms with E-state index in [1.54, 1.807) is 32.9 Å². The molecule has 4 heteroatoms. The minimum atomic E-state index is -0.503. The van der Waals surface area contributed by atoms with Crippen molar-refractivity contribution in [2.24, 2.45) is 5.41 Å². The normalized spacial score (nSPS) is 11.0. The molecule has 1 aromatic carbocycles. The Morgan fingerprint density at radius 3 is 2.42 bits per heavy atom. The summed E-state index contributed by atoms with van der Waals surface area (Å²) in [5.41, 5.74) is 0.972. The number of nitrogens with one attached hydrogen (secondary N) is 1. The van der Waals surface area contributed by atoms with E-state index in [4.69, 9.17) is 4.74 Å². The predicted octanol–water partition coefficient (Wildman–Crippen LogP) is 2.35. The van der Waals surface area contributed by atoms with Crippen molar-refractivity contribution in [1.29, 1.82) is 0 Å². The number of Topliss-reactive ketones (excluding diaryl/α,β-unsaturated/α-hetero) is 1. The van der Waals surface area contributed by atoms with Gasteiger partial charge in [-0.05, 0) is 19.1 Å². The molecule has 0 saturated heterocycles. The summed E-state index contributed by atoms with van der Waals surface area (Å²) in [4.78, 5) is 23.8. The van der Waals surface area contributed by atoms with Gasteiger partial charge in [0.05, 0.1) is 19.2 Å². The van der Waals surface area contributed by atoms with Crippen molar-refractivity contribution >= 4 is 11.7 Å². The summed E-state index contributed by atoms with van der Waals surface area (Å²) in [5, 5.41) is 2.65. The Hall–Kier alpha value is -1.84. The molecule has 0 aliphatic carbocycles. The molecule has 1 rings (SSSR count). The number of amides is 1. The first-order chi connectivity index (χ1) is 8.75. The standard InChI is InChI=1S/C15H21NO3/c1-10-6-7-13(19-5)11(8-10)12(17)9-16-14(18)15(2,3)4/h6-8H,9H2,1-5H3,(H,16,18). The maximum Gasteiger partial charge on any atom is 0.225 e. The van der Waals surface area contributed by atoms with E-state index in [-0.39, 0.29) is 18.2 Å². The molecule has 0 saturated carbocycles. The summed E-state index contributed by atoms with van der Waals surface area (Å²) in [5.74, 6) is 0.228. The van der Waals surface area contributed by atoms with Crippen LogP contribution in [0.25, 0.3) is 0 Å². The van der Waals surface area contributed by atoms with Crippen LogP contribution in [0.3, 0.4) is 0 Å². The molecule has 1 aromatic rings. The molecular weight excluding hydrogens is 242 g/mol. The number of ether oxygens (including phenoxy) is 1. The van der Waals surface area contributed by atoms with Crippen LogP contribution in [0.1, 0.15) is 36.7 Å². The van der Waals surface area contributed by atoms with Gasteiger partial charge in [0.25, 0.3) is 0 Å². The zero-order valence-corrected chi connectivity index (χ0v) is 12.2. The highest BCUT2D eigenvalue weighted by molar-refractivity contribution is 6.02. The number of carbonyl (C=O) groups excluding carboxylic acids is 2. The first-order valence-electron chi connectivity index (χ1n) is 6.22. The summed E-state index contributed by atoms with van der Waals surface area (Å²) in [6.45, 7) is 7.31. The van der Waals surface area contributed by atoms with E-state index in [9.17, 15) is 9.59 Å². The van der Waals surface area contributed by atoms with Crippen molar-refractivity contribution in [3.05, 3.63) is 29.3 Å². The number of aryl methyl sites for hydroxylation is 1. The van der Waals surface area contributed by atoms with Gasteiger partial charge in [0.2, 0.25) is 5.91 Å². The lowest BCUT2D eigenvalue weighted by atomic mass is 9.95. The van der Waals surface area contributed by atoms with Gasteiger partial charge in [0.1, 0.15) is 5.75 Å².